The number of nitrogens with one attached hydrogen (secondary N) is 3. The van der Waals surface area contributed by atoms with Crippen molar-refractivity contribution in [3.05, 3.63) is 70.7 Å². The summed E-state index contributed by atoms with van der Waals surface area (Å²) in [4.78, 5) is 58.1. The molecule has 44 heavy (non-hydrogen) atoms. The molecule has 0 aliphatic carbocycles. The normalized spacial score (nSPS) is 19.5. The highest BCUT2D eigenvalue weighted by Crippen LogP contribution is 2.24. The minimum Gasteiger partial charge on any atom is -0.370 e. The molecule has 4 rings (SSSR count). The third-order valence-corrected chi connectivity index (χ3v) is 8.74. The van der Waals surface area contributed by atoms with Gasteiger partial charge >= 0.3 is 0 Å². The number of guanidine groups is 1. The lowest BCUT2D eigenvalue weighted by Crippen LogP contribution is -2.63. The molecule has 0 radical (unpaired) electrons. The van der Waals surface area contributed by atoms with Gasteiger partial charge in [-0.25, -0.2) is 0 Å². The number of likely N-dealkylation sites (tertiary alicyclic amines) is 1. The van der Waals surface area contributed by atoms with Gasteiger partial charge in [0, 0.05) is 38.1 Å². The van der Waals surface area contributed by atoms with Crippen molar-refractivity contribution >= 4 is 41.2 Å². The highest BCUT2D eigenvalue weighted by molar-refractivity contribution is 6.31. The van der Waals surface area contributed by atoms with Crippen LogP contribution in [0.3, 0.4) is 0 Å². The molecule has 5 N–H and O–H groups in total. The lowest BCUT2D eigenvalue weighted by molar-refractivity contribution is -0.157. The molecule has 1 unspecified atom stereocenters. The Labute approximate surface area is 263 Å². The Balaban J connectivity index is 1.46. The van der Waals surface area contributed by atoms with E-state index < -0.39 is 18.0 Å². The molecule has 0 aromatic heterocycles. The maximum absolute atomic E-state index is 13.8. The largest absolute Gasteiger partial charge is 0.370 e. The Kier molecular flexibility index (Phi) is 11.6. The number of piperidine rings is 1. The number of amides is 4. The molecule has 3 atom stereocenters. The second-order valence-corrected chi connectivity index (χ2v) is 11.9. The number of hydrogen-bond donors (Lipinski definition) is 4. The summed E-state index contributed by atoms with van der Waals surface area (Å²) in [5, 5.41) is 13.6. The van der Waals surface area contributed by atoms with Crippen LogP contribution in [0.25, 0.3) is 0 Å². The molecule has 2 aliphatic heterocycles. The molecule has 2 heterocycles. The van der Waals surface area contributed by atoms with Crippen molar-refractivity contribution in [3.8, 4) is 0 Å². The molecule has 2 aromatic carbocycles. The van der Waals surface area contributed by atoms with Gasteiger partial charge in [0.2, 0.25) is 23.6 Å². The van der Waals surface area contributed by atoms with Crippen LogP contribution in [0.4, 0.5) is 0 Å². The van der Waals surface area contributed by atoms with E-state index in [0.29, 0.717) is 43.1 Å². The number of rotatable bonds is 12. The number of hydrogen-bond acceptors (Lipinski definition) is 5. The summed E-state index contributed by atoms with van der Waals surface area (Å²) < 4.78 is 0. The highest BCUT2D eigenvalue weighted by Gasteiger charge is 2.40. The van der Waals surface area contributed by atoms with E-state index in [9.17, 15) is 19.2 Å². The van der Waals surface area contributed by atoms with Crippen LogP contribution in [-0.2, 0) is 32.0 Å². The number of piperazine rings is 1. The molecule has 11 nitrogen and oxygen atoms in total. The smallest absolute Gasteiger partial charge is 0.246 e. The molecule has 236 valence electrons. The van der Waals surface area contributed by atoms with Gasteiger partial charge in [0.1, 0.15) is 18.6 Å². The Morgan fingerprint density at radius 2 is 1.84 bits per heavy atom. The van der Waals surface area contributed by atoms with Gasteiger partial charge in [-0.1, -0.05) is 60.1 Å². The molecular weight excluding hydrogens is 582 g/mol. The van der Waals surface area contributed by atoms with E-state index in [-0.39, 0.29) is 49.1 Å². The lowest BCUT2D eigenvalue weighted by atomic mass is 9.91. The van der Waals surface area contributed by atoms with Crippen molar-refractivity contribution in [2.24, 2.45) is 11.7 Å². The second-order valence-electron chi connectivity index (χ2n) is 11.5. The van der Waals surface area contributed by atoms with Crippen LogP contribution < -0.4 is 16.4 Å². The molecule has 2 saturated heterocycles. The van der Waals surface area contributed by atoms with Crippen LogP contribution in [0, 0.1) is 11.3 Å². The predicted octanol–water partition coefficient (Wildman–Crippen LogP) is 1.78. The fourth-order valence-electron chi connectivity index (χ4n) is 6.04. The Hall–Kier alpha value is -4.12. The first-order valence-corrected chi connectivity index (χ1v) is 15.5. The Morgan fingerprint density at radius 1 is 1.11 bits per heavy atom. The summed E-state index contributed by atoms with van der Waals surface area (Å²) in [7, 11) is 1.50. The number of aryl methyl sites for hydroxylation is 1. The second kappa shape index (κ2) is 15.6. The zero-order valence-electron chi connectivity index (χ0n) is 25.1. The zero-order valence-corrected chi connectivity index (χ0v) is 25.9. The molecule has 0 bridgehead atoms. The van der Waals surface area contributed by atoms with E-state index in [4.69, 9.17) is 22.7 Å². The van der Waals surface area contributed by atoms with E-state index in [1.807, 2.05) is 42.5 Å². The van der Waals surface area contributed by atoms with Gasteiger partial charge in [-0.2, -0.15) is 0 Å². The highest BCUT2D eigenvalue weighted by atomic mass is 35.5. The third kappa shape index (κ3) is 8.72. The van der Waals surface area contributed by atoms with Crippen LogP contribution >= 0.6 is 11.6 Å². The van der Waals surface area contributed by atoms with Crippen molar-refractivity contribution in [3.63, 3.8) is 0 Å². The number of halogens is 1. The Bertz CT molecular complexity index is 1340. The summed E-state index contributed by atoms with van der Waals surface area (Å²) in [6, 6.07) is 15.4. The first-order valence-electron chi connectivity index (χ1n) is 15.1. The van der Waals surface area contributed by atoms with E-state index in [1.165, 1.54) is 11.9 Å². The zero-order chi connectivity index (χ0) is 31.6. The van der Waals surface area contributed by atoms with Gasteiger partial charge in [0.15, 0.2) is 5.96 Å². The maximum Gasteiger partial charge on any atom is 0.246 e. The van der Waals surface area contributed by atoms with Crippen molar-refractivity contribution in [2.75, 3.05) is 39.8 Å². The summed E-state index contributed by atoms with van der Waals surface area (Å²) >= 11 is 6.43. The number of carbonyl (C=O) groups excluding carboxylic acids is 4. The van der Waals surface area contributed by atoms with Crippen LogP contribution in [0.15, 0.2) is 54.6 Å². The van der Waals surface area contributed by atoms with Crippen molar-refractivity contribution in [1.29, 1.82) is 5.41 Å². The van der Waals surface area contributed by atoms with E-state index >= 15 is 0 Å². The maximum atomic E-state index is 13.8. The van der Waals surface area contributed by atoms with Gasteiger partial charge in [0.05, 0.1) is 6.54 Å². The van der Waals surface area contributed by atoms with E-state index in [2.05, 4.69) is 10.6 Å². The van der Waals surface area contributed by atoms with Crippen molar-refractivity contribution < 1.29 is 19.2 Å². The average Bonchev–Trinajstić information content (AvgIpc) is 3.02. The molecular formula is C32H42ClN7O4. The van der Waals surface area contributed by atoms with Crippen molar-refractivity contribution in [2.45, 2.75) is 50.6 Å². The Morgan fingerprint density at radius 3 is 2.55 bits per heavy atom. The van der Waals surface area contributed by atoms with Crippen LogP contribution in [0.2, 0.25) is 5.02 Å². The fraction of sp³-hybridized carbons (Fsp3) is 0.469. The van der Waals surface area contributed by atoms with Gasteiger partial charge < -0.3 is 31.1 Å². The standard InChI is InChI=1S/C32H42ClN7O4/c1-36-30(43)26(17-23-12-8-16-39(19-23)32(34)35)37-28(41)20-40-27(18-24-13-5-6-14-25(24)33)31(44)38(21-29(40)42)15-7-11-22-9-3-2-4-10-22/h2-6,9-10,13-14,23,26-27H,7-8,11-12,15-21H2,1H3,(H3,34,35)(H,36,43)(H,37,41)/t23?,26-,27+/m0/s1. The monoisotopic (exact) mass is 623 g/mol. The van der Waals surface area contributed by atoms with Crippen molar-refractivity contribution in [1.82, 2.24) is 25.3 Å². The number of carbonyl (C=O) groups is 4. The molecule has 0 spiro atoms. The van der Waals surface area contributed by atoms with Gasteiger partial charge in [-0.3, -0.25) is 24.6 Å². The van der Waals surface area contributed by atoms with Gasteiger partial charge in [-0.15, -0.1) is 0 Å². The SMILES string of the molecule is CNC(=O)[C@H](CC1CCCN(C(=N)N)C1)NC(=O)CN1C(=O)CN(CCCc2ccccc2)C(=O)[C@H]1Cc1ccccc1Cl. The number of benzene rings is 2. The van der Waals surface area contributed by atoms with Gasteiger partial charge in [0.25, 0.3) is 0 Å². The molecule has 2 aliphatic rings. The summed E-state index contributed by atoms with van der Waals surface area (Å²) in [5.74, 6) is -1.41. The first kappa shape index (κ1) is 32.8. The molecule has 4 amide bonds. The fourth-order valence-corrected chi connectivity index (χ4v) is 6.25. The lowest BCUT2D eigenvalue weighted by Gasteiger charge is -2.40. The molecule has 12 heteroatoms. The number of likely N-dealkylation sites (N-methyl/N-ethyl adjacent to an activating group) is 1. The first-order chi connectivity index (χ1) is 21.2. The van der Waals surface area contributed by atoms with Gasteiger partial charge in [-0.05, 0) is 55.2 Å². The number of nitrogens with two attached hydrogens (primary N) is 1. The third-order valence-electron chi connectivity index (χ3n) is 8.37. The minimum atomic E-state index is -0.917. The van der Waals surface area contributed by atoms with Crippen LogP contribution in [-0.4, -0.2) is 96.1 Å². The summed E-state index contributed by atoms with van der Waals surface area (Å²) in [6.07, 6.45) is 3.65. The van der Waals surface area contributed by atoms with E-state index in [1.54, 1.807) is 21.9 Å². The average molecular weight is 624 g/mol. The van der Waals surface area contributed by atoms with Crippen LogP contribution in [0.1, 0.15) is 36.8 Å². The summed E-state index contributed by atoms with van der Waals surface area (Å²) in [5.41, 5.74) is 7.54. The summed E-state index contributed by atoms with van der Waals surface area (Å²) in [6.45, 7) is 1.13. The van der Waals surface area contributed by atoms with Crippen LogP contribution in [0.5, 0.6) is 0 Å². The topological polar surface area (TPSA) is 152 Å². The minimum absolute atomic E-state index is 0.0119. The van der Waals surface area contributed by atoms with E-state index in [0.717, 1.165) is 24.8 Å². The molecule has 2 aromatic rings. The number of nitrogens with zero attached hydrogens (tertiary/aromatic N) is 3. The predicted molar refractivity (Wildman–Crippen MR) is 169 cm³/mol. The molecule has 0 saturated carbocycles. The molecule has 2 fully saturated rings. The quantitative estimate of drug-likeness (QED) is 0.209.